The third kappa shape index (κ3) is 3.21. The standard InChI is InChI=1S/C9H18O2/c1-3-8(2)11-9-6-4-5-7-10-9/h8-9H,3-7H2,1-2H3/t8-,9?/m1/s1. The Morgan fingerprint density at radius 3 is 2.91 bits per heavy atom. The predicted molar refractivity (Wildman–Crippen MR) is 44.4 cm³/mol. The van der Waals surface area contributed by atoms with Gasteiger partial charge in [0.15, 0.2) is 6.29 Å². The molecule has 0 aliphatic carbocycles. The van der Waals surface area contributed by atoms with Crippen LogP contribution in [0.4, 0.5) is 0 Å². The van der Waals surface area contributed by atoms with E-state index < -0.39 is 0 Å². The Balaban J connectivity index is 2.13. The molecule has 1 fully saturated rings. The van der Waals surface area contributed by atoms with Gasteiger partial charge in [-0.1, -0.05) is 6.92 Å². The summed E-state index contributed by atoms with van der Waals surface area (Å²) in [5.41, 5.74) is 0. The molecule has 0 spiro atoms. The van der Waals surface area contributed by atoms with Gasteiger partial charge in [-0.3, -0.25) is 0 Å². The highest BCUT2D eigenvalue weighted by Gasteiger charge is 2.15. The maximum atomic E-state index is 5.62. The highest BCUT2D eigenvalue weighted by Crippen LogP contribution is 2.15. The van der Waals surface area contributed by atoms with Crippen molar-refractivity contribution >= 4 is 0 Å². The number of hydrogen-bond acceptors (Lipinski definition) is 2. The first kappa shape index (κ1) is 9.01. The fourth-order valence-corrected chi connectivity index (χ4v) is 1.17. The Morgan fingerprint density at radius 2 is 2.36 bits per heavy atom. The lowest BCUT2D eigenvalue weighted by atomic mass is 10.2. The molecule has 1 aliphatic heterocycles. The van der Waals surface area contributed by atoms with E-state index in [2.05, 4.69) is 13.8 Å². The summed E-state index contributed by atoms with van der Waals surface area (Å²) in [6.45, 7) is 5.10. The second-order valence-electron chi connectivity index (χ2n) is 3.15. The van der Waals surface area contributed by atoms with Crippen LogP contribution < -0.4 is 0 Å². The molecule has 0 saturated carbocycles. The summed E-state index contributed by atoms with van der Waals surface area (Å²) in [6, 6.07) is 0. The van der Waals surface area contributed by atoms with Gasteiger partial charge in [0.05, 0.1) is 6.10 Å². The Bertz CT molecular complexity index is 97.7. The van der Waals surface area contributed by atoms with Crippen molar-refractivity contribution in [1.82, 2.24) is 0 Å². The molecule has 1 aliphatic rings. The van der Waals surface area contributed by atoms with Crippen molar-refractivity contribution < 1.29 is 9.47 Å². The van der Waals surface area contributed by atoms with Crippen molar-refractivity contribution in [3.05, 3.63) is 0 Å². The van der Waals surface area contributed by atoms with E-state index in [1.165, 1.54) is 12.8 Å². The first-order valence-corrected chi connectivity index (χ1v) is 4.60. The highest BCUT2D eigenvalue weighted by atomic mass is 16.7. The first-order chi connectivity index (χ1) is 5.33. The first-order valence-electron chi connectivity index (χ1n) is 4.60. The molecule has 1 unspecified atom stereocenters. The molecular weight excluding hydrogens is 140 g/mol. The second-order valence-corrected chi connectivity index (χ2v) is 3.15. The average Bonchev–Trinajstić information content (AvgIpc) is 2.06. The van der Waals surface area contributed by atoms with Gasteiger partial charge in [-0.15, -0.1) is 0 Å². The maximum Gasteiger partial charge on any atom is 0.157 e. The molecule has 2 nitrogen and oxygen atoms in total. The van der Waals surface area contributed by atoms with Gasteiger partial charge in [0.1, 0.15) is 0 Å². The SMILES string of the molecule is CC[C@@H](C)OC1CCCCO1. The Labute approximate surface area is 68.9 Å². The van der Waals surface area contributed by atoms with Crippen molar-refractivity contribution in [2.24, 2.45) is 0 Å². The topological polar surface area (TPSA) is 18.5 Å². The molecule has 66 valence electrons. The van der Waals surface area contributed by atoms with Crippen LogP contribution in [-0.2, 0) is 9.47 Å². The van der Waals surface area contributed by atoms with Crippen molar-refractivity contribution in [3.8, 4) is 0 Å². The quantitative estimate of drug-likeness (QED) is 0.627. The van der Waals surface area contributed by atoms with Gasteiger partial charge in [-0.25, -0.2) is 0 Å². The zero-order valence-electron chi connectivity index (χ0n) is 7.51. The molecule has 1 rings (SSSR count). The van der Waals surface area contributed by atoms with Crippen LogP contribution in [0.15, 0.2) is 0 Å². The molecule has 2 atom stereocenters. The van der Waals surface area contributed by atoms with Crippen LogP contribution >= 0.6 is 0 Å². The number of ether oxygens (including phenoxy) is 2. The molecule has 11 heavy (non-hydrogen) atoms. The predicted octanol–water partition coefficient (Wildman–Crippen LogP) is 2.33. The minimum absolute atomic E-state index is 0.0821. The van der Waals surface area contributed by atoms with Crippen LogP contribution in [0.25, 0.3) is 0 Å². The smallest absolute Gasteiger partial charge is 0.157 e. The van der Waals surface area contributed by atoms with Crippen LogP contribution in [0, 0.1) is 0 Å². The van der Waals surface area contributed by atoms with Crippen LogP contribution in [-0.4, -0.2) is 19.0 Å². The van der Waals surface area contributed by atoms with Crippen molar-refractivity contribution in [2.75, 3.05) is 6.61 Å². The van der Waals surface area contributed by atoms with Gasteiger partial charge in [-0.05, 0) is 32.6 Å². The minimum atomic E-state index is 0.0821. The fraction of sp³-hybridized carbons (Fsp3) is 1.00. The Hall–Kier alpha value is -0.0800. The molecule has 0 radical (unpaired) electrons. The average molecular weight is 158 g/mol. The van der Waals surface area contributed by atoms with Crippen molar-refractivity contribution in [2.45, 2.75) is 51.9 Å². The van der Waals surface area contributed by atoms with Crippen LogP contribution in [0.3, 0.4) is 0 Å². The van der Waals surface area contributed by atoms with Crippen LogP contribution in [0.1, 0.15) is 39.5 Å². The molecule has 0 amide bonds. The Kier molecular flexibility index (Phi) is 3.87. The molecule has 0 N–H and O–H groups in total. The molecule has 1 saturated heterocycles. The van der Waals surface area contributed by atoms with Gasteiger partial charge in [0, 0.05) is 6.61 Å². The van der Waals surface area contributed by atoms with E-state index in [-0.39, 0.29) is 6.29 Å². The number of hydrogen-bond donors (Lipinski definition) is 0. The van der Waals surface area contributed by atoms with E-state index >= 15 is 0 Å². The van der Waals surface area contributed by atoms with Crippen LogP contribution in [0.5, 0.6) is 0 Å². The van der Waals surface area contributed by atoms with Gasteiger partial charge >= 0.3 is 0 Å². The summed E-state index contributed by atoms with van der Waals surface area (Å²) in [7, 11) is 0. The monoisotopic (exact) mass is 158 g/mol. The van der Waals surface area contributed by atoms with E-state index in [1.54, 1.807) is 0 Å². The molecule has 0 aromatic heterocycles. The van der Waals surface area contributed by atoms with E-state index in [0.29, 0.717) is 6.10 Å². The minimum Gasteiger partial charge on any atom is -0.353 e. The van der Waals surface area contributed by atoms with Crippen molar-refractivity contribution in [1.29, 1.82) is 0 Å². The van der Waals surface area contributed by atoms with Gasteiger partial charge in [-0.2, -0.15) is 0 Å². The van der Waals surface area contributed by atoms with E-state index in [0.717, 1.165) is 19.4 Å². The van der Waals surface area contributed by atoms with E-state index in [9.17, 15) is 0 Å². The summed E-state index contributed by atoms with van der Waals surface area (Å²) < 4.78 is 11.0. The van der Waals surface area contributed by atoms with Gasteiger partial charge in [0.2, 0.25) is 0 Å². The molecule has 0 bridgehead atoms. The third-order valence-electron chi connectivity index (χ3n) is 2.10. The Morgan fingerprint density at radius 1 is 1.55 bits per heavy atom. The van der Waals surface area contributed by atoms with E-state index in [1.807, 2.05) is 0 Å². The zero-order chi connectivity index (χ0) is 8.10. The summed E-state index contributed by atoms with van der Waals surface area (Å²) in [6.07, 6.45) is 5.02. The molecule has 0 aromatic rings. The molecular formula is C9H18O2. The normalized spacial score (nSPS) is 28.4. The van der Waals surface area contributed by atoms with Crippen molar-refractivity contribution in [3.63, 3.8) is 0 Å². The lowest BCUT2D eigenvalue weighted by Crippen LogP contribution is -2.26. The molecule has 2 heteroatoms. The third-order valence-corrected chi connectivity index (χ3v) is 2.10. The van der Waals surface area contributed by atoms with Crippen LogP contribution in [0.2, 0.25) is 0 Å². The molecule has 0 aromatic carbocycles. The fourth-order valence-electron chi connectivity index (χ4n) is 1.17. The summed E-state index contributed by atoms with van der Waals surface area (Å²) in [5, 5.41) is 0. The zero-order valence-corrected chi connectivity index (χ0v) is 7.51. The summed E-state index contributed by atoms with van der Waals surface area (Å²) in [4.78, 5) is 0. The number of rotatable bonds is 3. The lowest BCUT2D eigenvalue weighted by molar-refractivity contribution is -0.184. The van der Waals surface area contributed by atoms with Gasteiger partial charge in [0.25, 0.3) is 0 Å². The molecule has 1 heterocycles. The summed E-state index contributed by atoms with van der Waals surface area (Å²) in [5.74, 6) is 0. The summed E-state index contributed by atoms with van der Waals surface area (Å²) >= 11 is 0. The lowest BCUT2D eigenvalue weighted by Gasteiger charge is -2.25. The maximum absolute atomic E-state index is 5.62. The van der Waals surface area contributed by atoms with E-state index in [4.69, 9.17) is 9.47 Å². The van der Waals surface area contributed by atoms with Gasteiger partial charge < -0.3 is 9.47 Å². The largest absolute Gasteiger partial charge is 0.353 e. The highest BCUT2D eigenvalue weighted by molar-refractivity contribution is 4.56. The second kappa shape index (κ2) is 4.73.